The van der Waals surface area contributed by atoms with Crippen molar-refractivity contribution in [1.82, 2.24) is 0 Å². The quantitative estimate of drug-likeness (QED) is 0.0172. The van der Waals surface area contributed by atoms with E-state index >= 15 is 0 Å². The Morgan fingerprint density at radius 1 is 0.443 bits per heavy atom. The Labute approximate surface area is 422 Å². The van der Waals surface area contributed by atoms with Crippen molar-refractivity contribution in [3.05, 3.63) is 24.3 Å². The van der Waals surface area contributed by atoms with E-state index in [4.69, 9.17) is 28.4 Å². The van der Waals surface area contributed by atoms with Crippen LogP contribution in [0.25, 0.3) is 0 Å². The molecule has 2 saturated heterocycles. The summed E-state index contributed by atoms with van der Waals surface area (Å²) in [5.74, 6) is -0.924. The van der Waals surface area contributed by atoms with Gasteiger partial charge in [0.15, 0.2) is 18.7 Å². The molecule has 2 rings (SSSR count). The molecule has 0 aliphatic carbocycles. The Balaban J connectivity index is 1.77. The molecule has 2 fully saturated rings. The molecule has 2 aliphatic rings. The molecule has 0 bridgehead atoms. The zero-order valence-electron chi connectivity index (χ0n) is 43.5. The third kappa shape index (κ3) is 29.6. The summed E-state index contributed by atoms with van der Waals surface area (Å²) >= 11 is 0. The van der Waals surface area contributed by atoms with Crippen LogP contribution in [0.3, 0.4) is 0 Å². The van der Waals surface area contributed by atoms with Crippen LogP contribution in [0.2, 0.25) is 0 Å². The zero-order valence-corrected chi connectivity index (χ0v) is 43.5. The van der Waals surface area contributed by atoms with Gasteiger partial charge in [-0.15, -0.1) is 0 Å². The third-order valence-electron chi connectivity index (χ3n) is 13.4. The number of aliphatic hydroxyl groups is 7. The largest absolute Gasteiger partial charge is 0.462 e. The number of esters is 2. The van der Waals surface area contributed by atoms with E-state index in [2.05, 4.69) is 38.2 Å². The van der Waals surface area contributed by atoms with Crippen molar-refractivity contribution in [2.24, 2.45) is 0 Å². The Kier molecular flexibility index (Phi) is 38.8. The number of rotatable bonds is 44. The van der Waals surface area contributed by atoms with E-state index in [1.54, 1.807) is 0 Å². The molecule has 4 unspecified atom stereocenters. The Morgan fingerprint density at radius 3 is 1.27 bits per heavy atom. The molecular formula is C55H100O15. The number of unbranched alkanes of at least 4 members (excludes halogenated alkanes) is 26. The highest BCUT2D eigenvalue weighted by Gasteiger charge is 2.47. The average molecular weight is 1000 g/mol. The predicted octanol–water partition coefficient (Wildman–Crippen LogP) is 8.72. The van der Waals surface area contributed by atoms with E-state index in [0.29, 0.717) is 12.8 Å². The highest BCUT2D eigenvalue weighted by Crippen LogP contribution is 2.27. The molecule has 0 radical (unpaired) electrons. The monoisotopic (exact) mass is 1000 g/mol. The lowest BCUT2D eigenvalue weighted by atomic mass is 9.98. The van der Waals surface area contributed by atoms with Gasteiger partial charge in [0, 0.05) is 12.8 Å². The summed E-state index contributed by atoms with van der Waals surface area (Å²) in [5.41, 5.74) is 0. The van der Waals surface area contributed by atoms with Crippen molar-refractivity contribution in [3.63, 3.8) is 0 Å². The van der Waals surface area contributed by atoms with Gasteiger partial charge in [-0.25, -0.2) is 0 Å². The summed E-state index contributed by atoms with van der Waals surface area (Å²) in [6.07, 6.45) is 27.7. The van der Waals surface area contributed by atoms with E-state index in [0.717, 1.165) is 51.4 Å². The molecule has 0 aromatic rings. The smallest absolute Gasteiger partial charge is 0.306 e. The second-order valence-electron chi connectivity index (χ2n) is 19.8. The molecule has 0 spiro atoms. The van der Waals surface area contributed by atoms with Crippen LogP contribution in [-0.2, 0) is 38.0 Å². The van der Waals surface area contributed by atoms with Gasteiger partial charge in [0.05, 0.1) is 19.8 Å². The lowest BCUT2D eigenvalue weighted by Gasteiger charge is -2.42. The number of aliphatic hydroxyl groups excluding tert-OH is 7. The Hall–Kier alpha value is -2.02. The fourth-order valence-corrected chi connectivity index (χ4v) is 8.80. The molecule has 0 aromatic carbocycles. The summed E-state index contributed by atoms with van der Waals surface area (Å²) in [6, 6.07) is 0. The number of carbonyl (C=O) groups excluding carboxylic acids is 2. The first-order valence-electron chi connectivity index (χ1n) is 27.9. The summed E-state index contributed by atoms with van der Waals surface area (Å²) in [4.78, 5) is 25.8. The van der Waals surface area contributed by atoms with Gasteiger partial charge in [0.1, 0.15) is 55.4 Å². The van der Waals surface area contributed by atoms with Gasteiger partial charge >= 0.3 is 11.9 Å². The minimum absolute atomic E-state index is 0.162. The van der Waals surface area contributed by atoms with Crippen molar-refractivity contribution in [3.8, 4) is 0 Å². The lowest BCUT2D eigenvalue weighted by molar-refractivity contribution is -0.332. The normalized spacial score (nSPS) is 25.5. The number of allylic oxidation sites excluding steroid dienone is 4. The van der Waals surface area contributed by atoms with Crippen molar-refractivity contribution in [2.45, 2.75) is 287 Å². The third-order valence-corrected chi connectivity index (χ3v) is 13.4. The van der Waals surface area contributed by atoms with E-state index in [1.807, 2.05) is 0 Å². The van der Waals surface area contributed by atoms with Crippen LogP contribution >= 0.6 is 0 Å². The van der Waals surface area contributed by atoms with Crippen LogP contribution in [0.15, 0.2) is 24.3 Å². The maximum atomic E-state index is 13.0. The van der Waals surface area contributed by atoms with Gasteiger partial charge in [0.2, 0.25) is 0 Å². The van der Waals surface area contributed by atoms with Crippen LogP contribution in [0.1, 0.15) is 219 Å². The molecule has 0 aromatic heterocycles. The molecule has 7 N–H and O–H groups in total. The molecular weight excluding hydrogens is 901 g/mol. The van der Waals surface area contributed by atoms with Crippen LogP contribution in [0.4, 0.5) is 0 Å². The van der Waals surface area contributed by atoms with E-state index in [9.17, 15) is 45.3 Å². The molecule has 2 heterocycles. The van der Waals surface area contributed by atoms with Crippen LogP contribution in [0.5, 0.6) is 0 Å². The molecule has 0 amide bonds. The van der Waals surface area contributed by atoms with Gasteiger partial charge in [-0.2, -0.15) is 0 Å². The number of hydrogen-bond acceptors (Lipinski definition) is 15. The Morgan fingerprint density at radius 2 is 0.814 bits per heavy atom. The fourth-order valence-electron chi connectivity index (χ4n) is 8.80. The van der Waals surface area contributed by atoms with E-state index in [-0.39, 0.29) is 26.1 Å². The van der Waals surface area contributed by atoms with Gasteiger partial charge in [-0.05, 0) is 64.2 Å². The number of hydrogen-bond donors (Lipinski definition) is 7. The van der Waals surface area contributed by atoms with Crippen molar-refractivity contribution < 1.29 is 73.8 Å². The van der Waals surface area contributed by atoms with E-state index in [1.165, 1.54) is 128 Å². The second kappa shape index (κ2) is 42.3. The summed E-state index contributed by atoms with van der Waals surface area (Å²) in [7, 11) is 0. The highest BCUT2D eigenvalue weighted by molar-refractivity contribution is 5.70. The number of carbonyl (C=O) groups is 2. The van der Waals surface area contributed by atoms with E-state index < -0.39 is 92.7 Å². The van der Waals surface area contributed by atoms with Crippen LogP contribution in [-0.4, -0.2) is 142 Å². The summed E-state index contributed by atoms with van der Waals surface area (Å²) in [6.45, 7) is 2.59. The Bertz CT molecular complexity index is 1310. The maximum Gasteiger partial charge on any atom is 0.306 e. The number of ether oxygens (including phenoxy) is 6. The van der Waals surface area contributed by atoms with Crippen molar-refractivity contribution in [2.75, 3.05) is 26.4 Å². The predicted molar refractivity (Wildman–Crippen MR) is 271 cm³/mol. The average Bonchev–Trinajstić information content (AvgIpc) is 3.35. The molecule has 15 heteroatoms. The van der Waals surface area contributed by atoms with Crippen LogP contribution < -0.4 is 0 Å². The molecule has 2 aliphatic heterocycles. The minimum atomic E-state index is -1.76. The zero-order chi connectivity index (χ0) is 51.0. The molecule has 70 heavy (non-hydrogen) atoms. The standard InChI is InChI=1S/C55H100O15/c1-3-5-7-9-11-13-15-17-19-20-21-22-24-25-27-29-31-33-35-37-46(57)65-40-43(68-47(58)38-36-34-32-30-28-26-23-18-16-14-12-10-8-6-4-2)41-66-54-53(64)51(62)49(60)45(70-54)42-67-55-52(63)50(61)48(59)44(39-56)69-55/h14,16-17,19,43-45,48-56,59-64H,3-13,15,18,20-42H2,1-2H3/b16-14+,19-17+/t43-,44+,45+,48-,49-,50?,51?,52?,53?,54+,55+/m0/s1. The second-order valence-corrected chi connectivity index (χ2v) is 19.8. The fraction of sp³-hybridized carbons (Fsp3) is 0.891. The van der Waals surface area contributed by atoms with Gasteiger partial charge in [-0.3, -0.25) is 9.59 Å². The minimum Gasteiger partial charge on any atom is -0.462 e. The summed E-state index contributed by atoms with van der Waals surface area (Å²) in [5, 5.41) is 72.2. The van der Waals surface area contributed by atoms with Crippen molar-refractivity contribution >= 4 is 11.9 Å². The molecule has 0 saturated carbocycles. The molecule has 11 atom stereocenters. The topological polar surface area (TPSA) is 231 Å². The van der Waals surface area contributed by atoms with Gasteiger partial charge < -0.3 is 64.2 Å². The SMILES string of the molecule is CCCCCC/C=C/CCCCCCCCCC(=O)O[C@@H](COC(=O)CCCCCCCCCCC/C=C/CCCCCCCC)CO[C@@H]1O[C@H](CO[C@@H]2O[C@H](CO)[C@H](O)C(O)C2O)[C@H](O)C(O)C1O. The van der Waals surface area contributed by atoms with Crippen LogP contribution in [0, 0.1) is 0 Å². The first kappa shape index (κ1) is 64.1. The first-order chi connectivity index (χ1) is 34.0. The maximum absolute atomic E-state index is 13.0. The first-order valence-corrected chi connectivity index (χ1v) is 27.9. The lowest BCUT2D eigenvalue weighted by Crippen LogP contribution is -2.61. The van der Waals surface area contributed by atoms with Crippen molar-refractivity contribution in [1.29, 1.82) is 0 Å². The summed E-state index contributed by atoms with van der Waals surface area (Å²) < 4.78 is 33.6. The highest BCUT2D eigenvalue weighted by atomic mass is 16.7. The molecule has 15 nitrogen and oxygen atoms in total. The molecule has 410 valence electrons. The van der Waals surface area contributed by atoms with Gasteiger partial charge in [-0.1, -0.05) is 167 Å². The van der Waals surface area contributed by atoms with Gasteiger partial charge in [0.25, 0.3) is 0 Å².